The predicted octanol–water partition coefficient (Wildman–Crippen LogP) is 0.387. The van der Waals surface area contributed by atoms with Crippen molar-refractivity contribution in [2.24, 2.45) is 11.7 Å². The summed E-state index contributed by atoms with van der Waals surface area (Å²) in [6.45, 7) is 2.32. The Bertz CT molecular complexity index is 96.3. The topological polar surface area (TPSA) is 44.5 Å². The molecule has 0 aromatic rings. The average Bonchev–Trinajstić information content (AvgIpc) is 2.28. The van der Waals surface area contributed by atoms with Crippen molar-refractivity contribution in [1.29, 1.82) is 0 Å². The lowest BCUT2D eigenvalue weighted by Crippen LogP contribution is -2.22. The molecule has 0 spiro atoms. The van der Waals surface area contributed by atoms with Crippen LogP contribution in [-0.2, 0) is 9.47 Å². The fraction of sp³-hybridized carbons (Fsp3) is 1.00. The van der Waals surface area contributed by atoms with Gasteiger partial charge >= 0.3 is 0 Å². The first kappa shape index (κ1) is 8.97. The number of rotatable bonds is 2. The van der Waals surface area contributed by atoms with Crippen LogP contribution in [0, 0.1) is 5.92 Å². The van der Waals surface area contributed by atoms with Gasteiger partial charge in [0.25, 0.3) is 0 Å². The first-order valence-corrected chi connectivity index (χ1v) is 4.17. The Morgan fingerprint density at radius 3 is 3.09 bits per heavy atom. The first-order valence-electron chi connectivity index (χ1n) is 4.17. The standard InChI is InChI=1S/C8H17NO2/c1-10-8-2-3-11-6-7(4-8)5-9/h7-8H,2-6,9H2,1H3. The van der Waals surface area contributed by atoms with E-state index in [2.05, 4.69) is 0 Å². The lowest BCUT2D eigenvalue weighted by Gasteiger charge is -2.15. The van der Waals surface area contributed by atoms with E-state index < -0.39 is 0 Å². The lowest BCUT2D eigenvalue weighted by atomic mass is 10.0. The van der Waals surface area contributed by atoms with Gasteiger partial charge in [-0.1, -0.05) is 0 Å². The van der Waals surface area contributed by atoms with Crippen molar-refractivity contribution < 1.29 is 9.47 Å². The van der Waals surface area contributed by atoms with Crippen LogP contribution in [0.1, 0.15) is 12.8 Å². The van der Waals surface area contributed by atoms with Gasteiger partial charge < -0.3 is 15.2 Å². The molecule has 11 heavy (non-hydrogen) atoms. The van der Waals surface area contributed by atoms with Gasteiger partial charge in [0.1, 0.15) is 0 Å². The summed E-state index contributed by atoms with van der Waals surface area (Å²) in [5.74, 6) is 0.488. The van der Waals surface area contributed by atoms with Crippen LogP contribution in [0.4, 0.5) is 0 Å². The summed E-state index contributed by atoms with van der Waals surface area (Å²) in [6, 6.07) is 0. The highest BCUT2D eigenvalue weighted by molar-refractivity contribution is 4.69. The third-order valence-corrected chi connectivity index (χ3v) is 2.20. The molecule has 0 aromatic heterocycles. The molecule has 2 N–H and O–H groups in total. The maximum absolute atomic E-state index is 5.55. The Balaban J connectivity index is 2.33. The largest absolute Gasteiger partial charge is 0.381 e. The molecule has 1 aliphatic rings. The molecule has 2 unspecified atom stereocenters. The zero-order chi connectivity index (χ0) is 8.10. The normalized spacial score (nSPS) is 33.3. The van der Waals surface area contributed by atoms with Crippen LogP contribution in [-0.4, -0.2) is 33.0 Å². The van der Waals surface area contributed by atoms with E-state index in [4.69, 9.17) is 15.2 Å². The van der Waals surface area contributed by atoms with Crippen molar-refractivity contribution in [3.63, 3.8) is 0 Å². The van der Waals surface area contributed by atoms with E-state index >= 15 is 0 Å². The number of hydrogen-bond donors (Lipinski definition) is 1. The number of methoxy groups -OCH3 is 1. The molecule has 1 saturated heterocycles. The average molecular weight is 159 g/mol. The highest BCUT2D eigenvalue weighted by atomic mass is 16.5. The maximum atomic E-state index is 5.55. The molecule has 0 bridgehead atoms. The molecule has 3 heteroatoms. The maximum Gasteiger partial charge on any atom is 0.0597 e. The van der Waals surface area contributed by atoms with Gasteiger partial charge in [0.05, 0.1) is 12.7 Å². The predicted molar refractivity (Wildman–Crippen MR) is 43.4 cm³/mol. The molecule has 1 heterocycles. The quantitative estimate of drug-likeness (QED) is 0.633. The molecule has 3 nitrogen and oxygen atoms in total. The Morgan fingerprint density at radius 2 is 2.45 bits per heavy atom. The molecule has 1 rings (SSSR count). The van der Waals surface area contributed by atoms with Crippen molar-refractivity contribution >= 4 is 0 Å². The Hall–Kier alpha value is -0.120. The summed E-state index contributed by atoms with van der Waals surface area (Å²) in [7, 11) is 1.75. The molecule has 2 atom stereocenters. The fourth-order valence-electron chi connectivity index (χ4n) is 1.40. The van der Waals surface area contributed by atoms with Gasteiger partial charge in [-0.15, -0.1) is 0 Å². The third kappa shape index (κ3) is 2.77. The second-order valence-corrected chi connectivity index (χ2v) is 3.06. The van der Waals surface area contributed by atoms with E-state index in [1.165, 1.54) is 0 Å². The van der Waals surface area contributed by atoms with Gasteiger partial charge in [0.2, 0.25) is 0 Å². The van der Waals surface area contributed by atoms with E-state index in [0.717, 1.165) is 26.1 Å². The summed E-state index contributed by atoms with van der Waals surface area (Å²) in [6.07, 6.45) is 2.41. The third-order valence-electron chi connectivity index (χ3n) is 2.20. The molecule has 0 amide bonds. The summed E-state index contributed by atoms with van der Waals surface area (Å²) in [5, 5.41) is 0. The highest BCUT2D eigenvalue weighted by Crippen LogP contribution is 2.15. The van der Waals surface area contributed by atoms with Crippen LogP contribution in [0.2, 0.25) is 0 Å². The Labute approximate surface area is 67.9 Å². The van der Waals surface area contributed by atoms with Crippen LogP contribution < -0.4 is 5.73 Å². The van der Waals surface area contributed by atoms with Crippen LogP contribution in [0.25, 0.3) is 0 Å². The van der Waals surface area contributed by atoms with Crippen LogP contribution in [0.3, 0.4) is 0 Å². The van der Waals surface area contributed by atoms with E-state index in [0.29, 0.717) is 18.6 Å². The lowest BCUT2D eigenvalue weighted by molar-refractivity contribution is 0.0773. The van der Waals surface area contributed by atoms with Gasteiger partial charge in [-0.3, -0.25) is 0 Å². The summed E-state index contributed by atoms with van der Waals surface area (Å²) >= 11 is 0. The minimum Gasteiger partial charge on any atom is -0.381 e. The molecule has 66 valence electrons. The summed E-state index contributed by atoms with van der Waals surface area (Å²) in [5.41, 5.74) is 5.55. The van der Waals surface area contributed by atoms with Gasteiger partial charge in [0.15, 0.2) is 0 Å². The summed E-state index contributed by atoms with van der Waals surface area (Å²) in [4.78, 5) is 0. The van der Waals surface area contributed by atoms with Crippen LogP contribution in [0.5, 0.6) is 0 Å². The minimum atomic E-state index is 0.353. The SMILES string of the molecule is COC1CCOCC(CN)C1. The molecule has 1 aliphatic heterocycles. The molecule has 0 radical (unpaired) electrons. The minimum absolute atomic E-state index is 0.353. The van der Waals surface area contributed by atoms with Crippen LogP contribution in [0.15, 0.2) is 0 Å². The molecular formula is C8H17NO2. The van der Waals surface area contributed by atoms with Crippen molar-refractivity contribution in [3.05, 3.63) is 0 Å². The smallest absolute Gasteiger partial charge is 0.0597 e. The van der Waals surface area contributed by atoms with Gasteiger partial charge in [0, 0.05) is 13.7 Å². The zero-order valence-corrected chi connectivity index (χ0v) is 7.08. The highest BCUT2D eigenvalue weighted by Gasteiger charge is 2.18. The first-order chi connectivity index (χ1) is 5.36. The molecule has 0 saturated carbocycles. The molecular weight excluding hydrogens is 142 g/mol. The van der Waals surface area contributed by atoms with E-state index in [1.54, 1.807) is 7.11 Å². The molecule has 0 aromatic carbocycles. The van der Waals surface area contributed by atoms with E-state index in [-0.39, 0.29) is 0 Å². The molecule has 1 fully saturated rings. The van der Waals surface area contributed by atoms with Gasteiger partial charge in [-0.2, -0.15) is 0 Å². The van der Waals surface area contributed by atoms with Crippen molar-refractivity contribution in [3.8, 4) is 0 Å². The van der Waals surface area contributed by atoms with E-state index in [9.17, 15) is 0 Å². The fourth-order valence-corrected chi connectivity index (χ4v) is 1.40. The Morgan fingerprint density at radius 1 is 1.64 bits per heavy atom. The number of nitrogens with two attached hydrogens (primary N) is 1. The summed E-state index contributed by atoms with van der Waals surface area (Å²) < 4.78 is 10.6. The monoisotopic (exact) mass is 159 g/mol. The van der Waals surface area contributed by atoms with Gasteiger partial charge in [-0.05, 0) is 25.3 Å². The van der Waals surface area contributed by atoms with Crippen molar-refractivity contribution in [2.75, 3.05) is 26.9 Å². The van der Waals surface area contributed by atoms with Crippen molar-refractivity contribution in [1.82, 2.24) is 0 Å². The number of ether oxygens (including phenoxy) is 2. The number of hydrogen-bond acceptors (Lipinski definition) is 3. The van der Waals surface area contributed by atoms with Crippen LogP contribution >= 0.6 is 0 Å². The van der Waals surface area contributed by atoms with E-state index in [1.807, 2.05) is 0 Å². The van der Waals surface area contributed by atoms with Crippen molar-refractivity contribution in [2.45, 2.75) is 18.9 Å². The molecule has 0 aliphatic carbocycles. The zero-order valence-electron chi connectivity index (χ0n) is 7.08. The second kappa shape index (κ2) is 4.70. The van der Waals surface area contributed by atoms with Gasteiger partial charge in [-0.25, -0.2) is 0 Å². The second-order valence-electron chi connectivity index (χ2n) is 3.06. The Kier molecular flexibility index (Phi) is 3.83.